The number of hydrogen-bond acceptors (Lipinski definition) is 7. The lowest BCUT2D eigenvalue weighted by molar-refractivity contribution is -0.125. The molecule has 1 aromatic carbocycles. The monoisotopic (exact) mass is 484 g/mol. The van der Waals surface area contributed by atoms with Gasteiger partial charge in [-0.25, -0.2) is 9.97 Å². The first-order valence-electron chi connectivity index (χ1n) is 11.4. The first-order valence-corrected chi connectivity index (χ1v) is 11.8. The summed E-state index contributed by atoms with van der Waals surface area (Å²) in [4.78, 5) is 37.3. The van der Waals surface area contributed by atoms with Crippen LogP contribution in [0.1, 0.15) is 48.6 Å². The standard InChI is InChI=1S/C24H29ClN6O3/c1-15-12-19(32)22-21(15)23(29-14-28-22)30-8-10-31(11-9-30)24(34)18(13-27-7-6-20(26)33)16-2-4-17(25)5-3-16/h2-5,13-15,19,27,32H,6-12H2,1H3,(H2,26,33)/b18-13+/t15-,19+/m1/s1. The fourth-order valence-electron chi connectivity index (χ4n) is 4.51. The van der Waals surface area contributed by atoms with Crippen LogP contribution in [0.25, 0.3) is 5.57 Å². The van der Waals surface area contributed by atoms with E-state index in [0.29, 0.717) is 55.4 Å². The van der Waals surface area contributed by atoms with Crippen LogP contribution in [-0.2, 0) is 9.59 Å². The third-order valence-electron chi connectivity index (χ3n) is 6.29. The predicted octanol–water partition coefficient (Wildman–Crippen LogP) is 1.83. The second-order valence-electron chi connectivity index (χ2n) is 8.66. The van der Waals surface area contributed by atoms with Gasteiger partial charge in [0, 0.05) is 55.9 Å². The van der Waals surface area contributed by atoms with E-state index in [2.05, 4.69) is 27.1 Å². The summed E-state index contributed by atoms with van der Waals surface area (Å²) in [7, 11) is 0. The number of carbonyl (C=O) groups is 2. The minimum Gasteiger partial charge on any atom is -0.390 e. The molecular weight excluding hydrogens is 456 g/mol. The molecule has 2 aliphatic rings. The zero-order valence-electron chi connectivity index (χ0n) is 19.1. The third-order valence-corrected chi connectivity index (χ3v) is 6.55. The molecule has 2 atom stereocenters. The molecule has 1 aromatic heterocycles. The summed E-state index contributed by atoms with van der Waals surface area (Å²) in [6.07, 6.45) is 3.42. The third kappa shape index (κ3) is 5.15. The smallest absolute Gasteiger partial charge is 0.256 e. The number of rotatable bonds is 7. The van der Waals surface area contributed by atoms with Crippen molar-refractivity contribution in [2.45, 2.75) is 31.8 Å². The summed E-state index contributed by atoms with van der Waals surface area (Å²) >= 11 is 6.03. The number of nitrogens with two attached hydrogens (primary N) is 1. The average molecular weight is 485 g/mol. The van der Waals surface area contributed by atoms with Crippen molar-refractivity contribution in [2.24, 2.45) is 5.73 Å². The lowest BCUT2D eigenvalue weighted by Gasteiger charge is -2.36. The van der Waals surface area contributed by atoms with E-state index < -0.39 is 12.0 Å². The summed E-state index contributed by atoms with van der Waals surface area (Å²) in [6, 6.07) is 7.08. The Hall–Kier alpha value is -3.17. The molecule has 0 bridgehead atoms. The minimum absolute atomic E-state index is 0.106. The van der Waals surface area contributed by atoms with Gasteiger partial charge in [-0.3, -0.25) is 9.59 Å². The Morgan fingerprint density at radius 2 is 1.91 bits per heavy atom. The molecule has 2 heterocycles. The van der Waals surface area contributed by atoms with Crippen molar-refractivity contribution in [3.8, 4) is 0 Å². The van der Waals surface area contributed by atoms with Gasteiger partial charge in [-0.15, -0.1) is 0 Å². The van der Waals surface area contributed by atoms with Gasteiger partial charge in [0.25, 0.3) is 5.91 Å². The number of fused-ring (bicyclic) bond motifs is 1. The maximum Gasteiger partial charge on any atom is 0.256 e. The topological polar surface area (TPSA) is 125 Å². The fraction of sp³-hybridized carbons (Fsp3) is 0.417. The highest BCUT2D eigenvalue weighted by Gasteiger charge is 2.34. The van der Waals surface area contributed by atoms with Crippen LogP contribution in [0.2, 0.25) is 5.02 Å². The zero-order chi connectivity index (χ0) is 24.2. The van der Waals surface area contributed by atoms with E-state index >= 15 is 0 Å². The Labute approximate surface area is 203 Å². The van der Waals surface area contributed by atoms with Crippen LogP contribution in [0, 0.1) is 0 Å². The molecule has 0 radical (unpaired) electrons. The molecule has 1 saturated heterocycles. The average Bonchev–Trinajstić information content (AvgIpc) is 3.13. The molecule has 2 aromatic rings. The van der Waals surface area contributed by atoms with Gasteiger partial charge in [-0.05, 0) is 30.0 Å². The first-order chi connectivity index (χ1) is 16.3. The Morgan fingerprint density at radius 3 is 2.59 bits per heavy atom. The molecule has 0 unspecified atom stereocenters. The van der Waals surface area contributed by atoms with Gasteiger partial charge in [-0.2, -0.15) is 0 Å². The molecule has 4 N–H and O–H groups in total. The van der Waals surface area contributed by atoms with Crippen molar-refractivity contribution in [1.82, 2.24) is 20.2 Å². The number of nitrogens with one attached hydrogen (secondary N) is 1. The number of aliphatic hydroxyl groups excluding tert-OH is 1. The lowest BCUT2D eigenvalue weighted by atomic mass is 10.0. The summed E-state index contributed by atoms with van der Waals surface area (Å²) < 4.78 is 0. The number of amides is 2. The predicted molar refractivity (Wildman–Crippen MR) is 130 cm³/mol. The highest BCUT2D eigenvalue weighted by Crippen LogP contribution is 2.42. The summed E-state index contributed by atoms with van der Waals surface area (Å²) in [5, 5.41) is 13.9. The number of anilines is 1. The molecular formula is C24H29ClN6O3. The number of piperazine rings is 1. The van der Waals surface area contributed by atoms with Gasteiger partial charge in [0.05, 0.1) is 17.4 Å². The lowest BCUT2D eigenvalue weighted by Crippen LogP contribution is -2.49. The quantitative estimate of drug-likeness (QED) is 0.404. The van der Waals surface area contributed by atoms with E-state index in [0.717, 1.165) is 16.9 Å². The van der Waals surface area contributed by atoms with Gasteiger partial charge in [-0.1, -0.05) is 30.7 Å². The van der Waals surface area contributed by atoms with Crippen LogP contribution in [0.15, 0.2) is 36.8 Å². The Balaban J connectivity index is 1.48. The van der Waals surface area contributed by atoms with Crippen LogP contribution < -0.4 is 16.0 Å². The second kappa shape index (κ2) is 10.4. The summed E-state index contributed by atoms with van der Waals surface area (Å²) in [5.74, 6) is 0.522. The Bertz CT molecular complexity index is 1080. The van der Waals surface area contributed by atoms with E-state index in [4.69, 9.17) is 17.3 Å². The SMILES string of the molecule is C[C@@H]1C[C@H](O)c2ncnc(N3CCN(C(=O)/C(=C/NCCC(N)=O)c4ccc(Cl)cc4)CC3)c21. The molecule has 4 rings (SSSR count). The fourth-order valence-corrected chi connectivity index (χ4v) is 4.64. The van der Waals surface area contributed by atoms with Crippen molar-refractivity contribution in [3.63, 3.8) is 0 Å². The van der Waals surface area contributed by atoms with Gasteiger partial charge in [0.15, 0.2) is 0 Å². The highest BCUT2D eigenvalue weighted by atomic mass is 35.5. The van der Waals surface area contributed by atoms with Crippen LogP contribution >= 0.6 is 11.6 Å². The molecule has 10 heteroatoms. The molecule has 9 nitrogen and oxygen atoms in total. The number of nitrogens with zero attached hydrogens (tertiary/aromatic N) is 4. The first kappa shape index (κ1) is 24.0. The number of aliphatic hydroxyl groups is 1. The van der Waals surface area contributed by atoms with E-state index in [1.165, 1.54) is 6.33 Å². The molecule has 2 amide bonds. The van der Waals surface area contributed by atoms with Crippen molar-refractivity contribution in [1.29, 1.82) is 0 Å². The van der Waals surface area contributed by atoms with E-state index in [1.807, 2.05) is 4.90 Å². The Kier molecular flexibility index (Phi) is 7.33. The van der Waals surface area contributed by atoms with Gasteiger partial charge < -0.3 is 26.0 Å². The van der Waals surface area contributed by atoms with Crippen LogP contribution in [-0.4, -0.2) is 64.5 Å². The van der Waals surface area contributed by atoms with Crippen molar-refractivity contribution < 1.29 is 14.7 Å². The molecule has 180 valence electrons. The number of benzene rings is 1. The van der Waals surface area contributed by atoms with E-state index in [-0.39, 0.29) is 18.2 Å². The largest absolute Gasteiger partial charge is 0.390 e. The molecule has 0 spiro atoms. The molecule has 0 saturated carbocycles. The molecule has 1 aliphatic carbocycles. The normalized spacial score (nSPS) is 20.3. The number of hydrogen-bond donors (Lipinski definition) is 3. The number of primary amides is 1. The van der Waals surface area contributed by atoms with Crippen molar-refractivity contribution >= 4 is 34.8 Å². The maximum absolute atomic E-state index is 13.5. The van der Waals surface area contributed by atoms with Crippen LogP contribution in [0.4, 0.5) is 5.82 Å². The maximum atomic E-state index is 13.5. The molecule has 34 heavy (non-hydrogen) atoms. The van der Waals surface area contributed by atoms with E-state index in [9.17, 15) is 14.7 Å². The summed E-state index contributed by atoms with van der Waals surface area (Å²) in [6.45, 7) is 4.73. The van der Waals surface area contributed by atoms with Crippen LogP contribution in [0.3, 0.4) is 0 Å². The number of halogens is 1. The number of carbonyl (C=O) groups excluding carboxylic acids is 2. The molecule has 1 fully saturated rings. The van der Waals surface area contributed by atoms with Gasteiger partial charge >= 0.3 is 0 Å². The van der Waals surface area contributed by atoms with Crippen LogP contribution in [0.5, 0.6) is 0 Å². The zero-order valence-corrected chi connectivity index (χ0v) is 19.8. The van der Waals surface area contributed by atoms with Gasteiger partial charge in [0.1, 0.15) is 12.1 Å². The Morgan fingerprint density at radius 1 is 1.21 bits per heavy atom. The molecule has 1 aliphatic heterocycles. The second-order valence-corrected chi connectivity index (χ2v) is 9.10. The minimum atomic E-state index is -0.552. The summed E-state index contributed by atoms with van der Waals surface area (Å²) in [5.41, 5.74) is 8.16. The number of aromatic nitrogens is 2. The van der Waals surface area contributed by atoms with Gasteiger partial charge in [0.2, 0.25) is 5.91 Å². The van der Waals surface area contributed by atoms with Crippen molar-refractivity contribution in [3.05, 3.63) is 58.6 Å². The highest BCUT2D eigenvalue weighted by molar-refractivity contribution is 6.30. The van der Waals surface area contributed by atoms with E-state index in [1.54, 1.807) is 30.5 Å². The van der Waals surface area contributed by atoms with Crippen molar-refractivity contribution in [2.75, 3.05) is 37.6 Å².